The Morgan fingerprint density at radius 2 is 2.20 bits per heavy atom. The summed E-state index contributed by atoms with van der Waals surface area (Å²) >= 11 is 0. The molecule has 1 N–H and O–H groups in total. The molecule has 1 unspecified atom stereocenters. The lowest BCUT2D eigenvalue weighted by Gasteiger charge is -2.15. The van der Waals surface area contributed by atoms with Gasteiger partial charge in [-0.2, -0.15) is 0 Å². The third-order valence-corrected chi connectivity index (χ3v) is 3.08. The SMILES string of the molecule is CCCC(C)COCC1(CC(=O)O)CC1. The molecular weight excluding hydrogens is 192 g/mol. The lowest BCUT2D eigenvalue weighted by Crippen LogP contribution is -2.17. The van der Waals surface area contributed by atoms with Crippen LogP contribution in [-0.4, -0.2) is 24.3 Å². The molecule has 0 saturated heterocycles. The number of hydrogen-bond donors (Lipinski definition) is 1. The predicted molar refractivity (Wildman–Crippen MR) is 58.8 cm³/mol. The molecule has 3 nitrogen and oxygen atoms in total. The van der Waals surface area contributed by atoms with Crippen molar-refractivity contribution in [3.63, 3.8) is 0 Å². The van der Waals surface area contributed by atoms with E-state index in [1.807, 2.05) is 0 Å². The first kappa shape index (κ1) is 12.5. The van der Waals surface area contributed by atoms with Gasteiger partial charge in [-0.15, -0.1) is 0 Å². The summed E-state index contributed by atoms with van der Waals surface area (Å²) in [4.78, 5) is 10.6. The Morgan fingerprint density at radius 1 is 1.53 bits per heavy atom. The maximum atomic E-state index is 10.6. The van der Waals surface area contributed by atoms with Crippen molar-refractivity contribution in [2.75, 3.05) is 13.2 Å². The number of rotatable bonds is 8. The molecule has 1 fully saturated rings. The van der Waals surface area contributed by atoms with Crippen LogP contribution in [0.3, 0.4) is 0 Å². The Labute approximate surface area is 91.8 Å². The molecular formula is C12H22O3. The highest BCUT2D eigenvalue weighted by molar-refractivity contribution is 5.68. The molecule has 0 bridgehead atoms. The Bertz CT molecular complexity index is 209. The number of carbonyl (C=O) groups is 1. The molecule has 88 valence electrons. The molecule has 1 atom stereocenters. The first-order chi connectivity index (χ1) is 7.08. The highest BCUT2D eigenvalue weighted by atomic mass is 16.5. The van der Waals surface area contributed by atoms with Crippen LogP contribution in [0, 0.1) is 11.3 Å². The van der Waals surface area contributed by atoms with Crippen molar-refractivity contribution in [2.45, 2.75) is 46.0 Å². The van der Waals surface area contributed by atoms with Gasteiger partial charge in [0.1, 0.15) is 0 Å². The van der Waals surface area contributed by atoms with Gasteiger partial charge < -0.3 is 9.84 Å². The minimum atomic E-state index is -0.697. The predicted octanol–water partition coefficient (Wildman–Crippen LogP) is 2.69. The highest BCUT2D eigenvalue weighted by Crippen LogP contribution is 2.48. The second-order valence-corrected chi connectivity index (χ2v) is 4.98. The molecule has 0 heterocycles. The van der Waals surface area contributed by atoms with Crippen molar-refractivity contribution in [2.24, 2.45) is 11.3 Å². The molecule has 0 aromatic heterocycles. The molecule has 1 rings (SSSR count). The number of ether oxygens (including phenoxy) is 1. The van der Waals surface area contributed by atoms with Crippen LogP contribution in [0.4, 0.5) is 0 Å². The van der Waals surface area contributed by atoms with Crippen molar-refractivity contribution >= 4 is 5.97 Å². The summed E-state index contributed by atoms with van der Waals surface area (Å²) in [6.45, 7) is 5.76. The van der Waals surface area contributed by atoms with Gasteiger partial charge in [-0.25, -0.2) is 0 Å². The van der Waals surface area contributed by atoms with Crippen LogP contribution in [0.2, 0.25) is 0 Å². The first-order valence-electron chi connectivity index (χ1n) is 5.87. The van der Waals surface area contributed by atoms with Crippen molar-refractivity contribution in [1.82, 2.24) is 0 Å². The fraction of sp³-hybridized carbons (Fsp3) is 0.917. The number of hydrogen-bond acceptors (Lipinski definition) is 2. The van der Waals surface area contributed by atoms with E-state index < -0.39 is 5.97 Å². The fourth-order valence-corrected chi connectivity index (χ4v) is 1.92. The van der Waals surface area contributed by atoms with E-state index >= 15 is 0 Å². The zero-order valence-corrected chi connectivity index (χ0v) is 9.79. The van der Waals surface area contributed by atoms with Crippen LogP contribution in [0.1, 0.15) is 46.0 Å². The largest absolute Gasteiger partial charge is 0.481 e. The lowest BCUT2D eigenvalue weighted by atomic mass is 10.0. The molecule has 0 aliphatic heterocycles. The van der Waals surface area contributed by atoms with E-state index in [0.29, 0.717) is 12.5 Å². The van der Waals surface area contributed by atoms with Gasteiger partial charge in [-0.1, -0.05) is 20.3 Å². The second kappa shape index (κ2) is 5.50. The molecule has 0 amide bonds. The monoisotopic (exact) mass is 214 g/mol. The Balaban J connectivity index is 2.12. The van der Waals surface area contributed by atoms with Gasteiger partial charge in [0.05, 0.1) is 13.0 Å². The number of aliphatic carboxylic acids is 1. The van der Waals surface area contributed by atoms with E-state index in [0.717, 1.165) is 19.4 Å². The second-order valence-electron chi connectivity index (χ2n) is 4.98. The Morgan fingerprint density at radius 3 is 2.67 bits per heavy atom. The minimum absolute atomic E-state index is 0.0161. The summed E-state index contributed by atoms with van der Waals surface area (Å²) in [6, 6.07) is 0. The van der Waals surface area contributed by atoms with Crippen LogP contribution in [0.5, 0.6) is 0 Å². The average molecular weight is 214 g/mol. The molecule has 0 spiro atoms. The van der Waals surface area contributed by atoms with Gasteiger partial charge in [0, 0.05) is 12.0 Å². The van der Waals surface area contributed by atoms with Crippen LogP contribution >= 0.6 is 0 Å². The zero-order chi connectivity index (χ0) is 11.3. The molecule has 1 aliphatic rings. The molecule has 3 heteroatoms. The van der Waals surface area contributed by atoms with E-state index in [2.05, 4.69) is 13.8 Å². The maximum Gasteiger partial charge on any atom is 0.303 e. The van der Waals surface area contributed by atoms with E-state index in [4.69, 9.17) is 9.84 Å². The van der Waals surface area contributed by atoms with Crippen LogP contribution in [-0.2, 0) is 9.53 Å². The van der Waals surface area contributed by atoms with Crippen LogP contribution in [0.15, 0.2) is 0 Å². The van der Waals surface area contributed by atoms with Gasteiger partial charge in [0.25, 0.3) is 0 Å². The van der Waals surface area contributed by atoms with Crippen LogP contribution < -0.4 is 0 Å². The number of carboxylic acid groups (broad SMARTS) is 1. The Kier molecular flexibility index (Phi) is 4.58. The molecule has 1 saturated carbocycles. The zero-order valence-electron chi connectivity index (χ0n) is 9.79. The van der Waals surface area contributed by atoms with Gasteiger partial charge in [0.15, 0.2) is 0 Å². The smallest absolute Gasteiger partial charge is 0.303 e. The van der Waals surface area contributed by atoms with Gasteiger partial charge in [-0.05, 0) is 25.2 Å². The lowest BCUT2D eigenvalue weighted by molar-refractivity contribution is -0.139. The summed E-state index contributed by atoms with van der Waals surface area (Å²) in [5.41, 5.74) is -0.0161. The van der Waals surface area contributed by atoms with Gasteiger partial charge >= 0.3 is 5.97 Å². The topological polar surface area (TPSA) is 46.5 Å². The summed E-state index contributed by atoms with van der Waals surface area (Å²) in [6.07, 6.45) is 4.68. The normalized spacial score (nSPS) is 19.9. The third-order valence-electron chi connectivity index (χ3n) is 3.08. The molecule has 0 aromatic rings. The van der Waals surface area contributed by atoms with Crippen molar-refractivity contribution in [1.29, 1.82) is 0 Å². The fourth-order valence-electron chi connectivity index (χ4n) is 1.92. The maximum absolute atomic E-state index is 10.6. The molecule has 15 heavy (non-hydrogen) atoms. The average Bonchev–Trinajstić information content (AvgIpc) is 2.84. The Hall–Kier alpha value is -0.570. The number of carboxylic acids is 1. The highest BCUT2D eigenvalue weighted by Gasteiger charge is 2.44. The van der Waals surface area contributed by atoms with Gasteiger partial charge in [-0.3, -0.25) is 4.79 Å². The van der Waals surface area contributed by atoms with E-state index in [9.17, 15) is 4.79 Å². The van der Waals surface area contributed by atoms with E-state index in [1.54, 1.807) is 0 Å². The van der Waals surface area contributed by atoms with Gasteiger partial charge in [0.2, 0.25) is 0 Å². The van der Waals surface area contributed by atoms with E-state index in [-0.39, 0.29) is 11.8 Å². The van der Waals surface area contributed by atoms with E-state index in [1.165, 1.54) is 12.8 Å². The van der Waals surface area contributed by atoms with Crippen molar-refractivity contribution in [3.8, 4) is 0 Å². The summed E-state index contributed by atoms with van der Waals surface area (Å²) in [5, 5.41) is 8.73. The van der Waals surface area contributed by atoms with Crippen molar-refractivity contribution in [3.05, 3.63) is 0 Å². The quantitative estimate of drug-likeness (QED) is 0.675. The molecule has 0 aromatic carbocycles. The van der Waals surface area contributed by atoms with Crippen molar-refractivity contribution < 1.29 is 14.6 Å². The molecule has 1 aliphatic carbocycles. The third kappa shape index (κ3) is 4.65. The summed E-state index contributed by atoms with van der Waals surface area (Å²) in [7, 11) is 0. The van der Waals surface area contributed by atoms with Crippen LogP contribution in [0.25, 0.3) is 0 Å². The first-order valence-corrected chi connectivity index (χ1v) is 5.87. The standard InChI is InChI=1S/C12H22O3/c1-3-4-10(2)8-15-9-12(5-6-12)7-11(13)14/h10H,3-9H2,1-2H3,(H,13,14). The molecule has 0 radical (unpaired) electrons. The summed E-state index contributed by atoms with van der Waals surface area (Å²) in [5.74, 6) is -0.103. The minimum Gasteiger partial charge on any atom is -0.481 e. The summed E-state index contributed by atoms with van der Waals surface area (Å²) < 4.78 is 5.61.